The highest BCUT2D eigenvalue weighted by molar-refractivity contribution is 5.95. The second-order valence-electron chi connectivity index (χ2n) is 9.02. The number of hydrogen-bond acceptors (Lipinski definition) is 4. The topological polar surface area (TPSA) is 86.1 Å². The second kappa shape index (κ2) is 11.0. The van der Waals surface area contributed by atoms with Crippen LogP contribution in [0.25, 0.3) is 0 Å². The Hall–Kier alpha value is -3.98. The summed E-state index contributed by atoms with van der Waals surface area (Å²) in [6.45, 7) is 5.93. The second-order valence-corrected chi connectivity index (χ2v) is 9.02. The van der Waals surface area contributed by atoms with Crippen LogP contribution >= 0.6 is 0 Å². The predicted octanol–water partition coefficient (Wildman–Crippen LogP) is 4.62. The Balaban J connectivity index is 1.40. The van der Waals surface area contributed by atoms with Gasteiger partial charge in [0, 0.05) is 43.5 Å². The van der Waals surface area contributed by atoms with Gasteiger partial charge in [0.05, 0.1) is 17.2 Å². The van der Waals surface area contributed by atoms with Crippen LogP contribution in [0.1, 0.15) is 74.3 Å². The van der Waals surface area contributed by atoms with Crippen molar-refractivity contribution in [1.29, 1.82) is 5.26 Å². The number of nitriles is 1. The molecule has 2 heterocycles. The van der Waals surface area contributed by atoms with Gasteiger partial charge in [0.1, 0.15) is 0 Å². The minimum Gasteiger partial charge on any atom is -0.352 e. The average Bonchev–Trinajstić information content (AvgIpc) is 2.90. The third-order valence-corrected chi connectivity index (χ3v) is 6.69. The van der Waals surface area contributed by atoms with Gasteiger partial charge in [-0.15, -0.1) is 0 Å². The van der Waals surface area contributed by atoms with Crippen molar-refractivity contribution in [3.05, 3.63) is 99.9 Å². The lowest BCUT2D eigenvalue weighted by Gasteiger charge is -2.32. The van der Waals surface area contributed by atoms with Gasteiger partial charge in [0.15, 0.2) is 0 Å². The third-order valence-electron chi connectivity index (χ3n) is 6.69. The van der Waals surface area contributed by atoms with Crippen LogP contribution in [-0.4, -0.2) is 41.3 Å². The lowest BCUT2D eigenvalue weighted by atomic mass is 9.88. The molecule has 1 aliphatic rings. The molecule has 1 saturated heterocycles. The summed E-state index contributed by atoms with van der Waals surface area (Å²) in [5, 5.41) is 11.8. The number of rotatable bonds is 6. The van der Waals surface area contributed by atoms with Gasteiger partial charge in [-0.1, -0.05) is 18.2 Å². The van der Waals surface area contributed by atoms with E-state index in [0.717, 1.165) is 42.8 Å². The van der Waals surface area contributed by atoms with Crippen LogP contribution in [0, 0.1) is 18.3 Å². The first-order chi connectivity index (χ1) is 17.0. The molecule has 178 valence electrons. The van der Waals surface area contributed by atoms with E-state index in [1.54, 1.807) is 12.3 Å². The van der Waals surface area contributed by atoms with Crippen LogP contribution < -0.4 is 5.32 Å². The molecule has 1 aromatic heterocycles. The SMILES string of the molecule is CCNC(=O)c1ccc(Cc2cc(C(=O)N3CCC(c4ccc(C#N)cc4)CC3)ccc2C)nc1. The largest absolute Gasteiger partial charge is 0.352 e. The van der Waals surface area contributed by atoms with Crippen molar-refractivity contribution in [3.63, 3.8) is 0 Å². The van der Waals surface area contributed by atoms with Crippen molar-refractivity contribution in [2.24, 2.45) is 0 Å². The number of amides is 2. The van der Waals surface area contributed by atoms with Crippen LogP contribution in [0.15, 0.2) is 60.8 Å². The van der Waals surface area contributed by atoms with Crippen molar-refractivity contribution in [2.75, 3.05) is 19.6 Å². The van der Waals surface area contributed by atoms with Gasteiger partial charge in [-0.3, -0.25) is 14.6 Å². The molecular weight excluding hydrogens is 436 g/mol. The minimum atomic E-state index is -0.127. The van der Waals surface area contributed by atoms with Crippen LogP contribution in [0.5, 0.6) is 0 Å². The van der Waals surface area contributed by atoms with Crippen molar-refractivity contribution in [2.45, 2.75) is 39.0 Å². The molecule has 4 rings (SSSR count). The van der Waals surface area contributed by atoms with Gasteiger partial charge >= 0.3 is 0 Å². The number of nitrogens with one attached hydrogen (secondary N) is 1. The Morgan fingerprint density at radius 1 is 1.06 bits per heavy atom. The van der Waals surface area contributed by atoms with Crippen molar-refractivity contribution in [1.82, 2.24) is 15.2 Å². The zero-order chi connectivity index (χ0) is 24.8. The fourth-order valence-corrected chi connectivity index (χ4v) is 4.54. The molecule has 35 heavy (non-hydrogen) atoms. The molecular formula is C29H30N4O2. The van der Waals surface area contributed by atoms with Gasteiger partial charge < -0.3 is 10.2 Å². The smallest absolute Gasteiger partial charge is 0.253 e. The standard InChI is InChI=1S/C29H30N4O2/c1-3-31-28(34)25-10-11-27(32-19-25)17-26-16-24(7-4-20(26)2)29(35)33-14-12-23(13-15-33)22-8-5-21(18-30)6-9-22/h4-11,16,19,23H,3,12-15,17H2,1-2H3,(H,31,34). The molecule has 1 fully saturated rings. The summed E-state index contributed by atoms with van der Waals surface area (Å²) in [6.07, 6.45) is 4.03. The summed E-state index contributed by atoms with van der Waals surface area (Å²) in [7, 11) is 0. The number of nitrogens with zero attached hydrogens (tertiary/aromatic N) is 3. The Labute approximate surface area is 206 Å². The molecule has 1 N–H and O–H groups in total. The van der Waals surface area contributed by atoms with Gasteiger partial charge in [0.2, 0.25) is 0 Å². The van der Waals surface area contributed by atoms with E-state index < -0.39 is 0 Å². The number of hydrogen-bond donors (Lipinski definition) is 1. The first kappa shape index (κ1) is 24.2. The van der Waals surface area contributed by atoms with E-state index in [2.05, 4.69) is 16.4 Å². The van der Waals surface area contributed by atoms with E-state index in [9.17, 15) is 9.59 Å². The van der Waals surface area contributed by atoms with Gasteiger partial charge in [-0.25, -0.2) is 0 Å². The summed E-state index contributed by atoms with van der Waals surface area (Å²) in [5.74, 6) is 0.344. The van der Waals surface area contributed by atoms with Gasteiger partial charge in [-0.2, -0.15) is 5.26 Å². The van der Waals surface area contributed by atoms with E-state index in [4.69, 9.17) is 5.26 Å². The van der Waals surface area contributed by atoms with Crippen LogP contribution in [0.3, 0.4) is 0 Å². The molecule has 0 radical (unpaired) electrons. The molecule has 0 atom stereocenters. The molecule has 1 aliphatic heterocycles. The first-order valence-corrected chi connectivity index (χ1v) is 12.1. The van der Waals surface area contributed by atoms with Crippen LogP contribution in [-0.2, 0) is 6.42 Å². The summed E-state index contributed by atoms with van der Waals surface area (Å²) in [5.41, 5.74) is 6.16. The maximum absolute atomic E-state index is 13.3. The van der Waals surface area contributed by atoms with E-state index in [-0.39, 0.29) is 11.8 Å². The molecule has 6 nitrogen and oxygen atoms in total. The fraction of sp³-hybridized carbons (Fsp3) is 0.310. The van der Waals surface area contributed by atoms with Gasteiger partial charge in [0.25, 0.3) is 11.8 Å². The Morgan fingerprint density at radius 2 is 1.77 bits per heavy atom. The fourth-order valence-electron chi connectivity index (χ4n) is 4.54. The average molecular weight is 467 g/mol. The number of piperidine rings is 1. The third kappa shape index (κ3) is 5.75. The molecule has 0 spiro atoms. The molecule has 0 bridgehead atoms. The molecule has 2 amide bonds. The number of likely N-dealkylation sites (tertiary alicyclic amines) is 1. The van der Waals surface area contributed by atoms with Crippen LogP contribution in [0.2, 0.25) is 0 Å². The van der Waals surface area contributed by atoms with Gasteiger partial charge in [-0.05, 0) is 85.7 Å². The number of pyridine rings is 1. The van der Waals surface area contributed by atoms with Crippen molar-refractivity contribution < 1.29 is 9.59 Å². The molecule has 6 heteroatoms. The van der Waals surface area contributed by atoms with Crippen LogP contribution in [0.4, 0.5) is 0 Å². The van der Waals surface area contributed by atoms with E-state index in [1.165, 1.54) is 5.56 Å². The zero-order valence-electron chi connectivity index (χ0n) is 20.3. The Kier molecular flexibility index (Phi) is 7.57. The number of carbonyl (C=O) groups is 2. The summed E-state index contributed by atoms with van der Waals surface area (Å²) >= 11 is 0. The Bertz CT molecular complexity index is 1240. The summed E-state index contributed by atoms with van der Waals surface area (Å²) < 4.78 is 0. The number of carbonyl (C=O) groups excluding carboxylic acids is 2. The predicted molar refractivity (Wildman–Crippen MR) is 135 cm³/mol. The molecule has 0 saturated carbocycles. The highest BCUT2D eigenvalue weighted by Gasteiger charge is 2.25. The number of benzene rings is 2. The summed E-state index contributed by atoms with van der Waals surface area (Å²) in [6, 6.07) is 19.5. The molecule has 3 aromatic rings. The number of aromatic nitrogens is 1. The first-order valence-electron chi connectivity index (χ1n) is 12.1. The van der Waals surface area contributed by atoms with Crippen molar-refractivity contribution in [3.8, 4) is 6.07 Å². The van der Waals surface area contributed by atoms with E-state index in [0.29, 0.717) is 35.6 Å². The van der Waals surface area contributed by atoms with Crippen molar-refractivity contribution >= 4 is 11.8 Å². The maximum Gasteiger partial charge on any atom is 0.253 e. The lowest BCUT2D eigenvalue weighted by molar-refractivity contribution is 0.0712. The zero-order valence-corrected chi connectivity index (χ0v) is 20.3. The maximum atomic E-state index is 13.3. The summed E-state index contributed by atoms with van der Waals surface area (Å²) in [4.78, 5) is 31.6. The normalized spacial score (nSPS) is 13.8. The highest BCUT2D eigenvalue weighted by atomic mass is 16.2. The Morgan fingerprint density at radius 3 is 2.40 bits per heavy atom. The molecule has 0 aliphatic carbocycles. The molecule has 0 unspecified atom stereocenters. The quantitative estimate of drug-likeness (QED) is 0.574. The number of aryl methyl sites for hydroxylation is 1. The van der Waals surface area contributed by atoms with E-state index >= 15 is 0 Å². The monoisotopic (exact) mass is 466 g/mol. The minimum absolute atomic E-state index is 0.0593. The highest BCUT2D eigenvalue weighted by Crippen LogP contribution is 2.29. The lowest BCUT2D eigenvalue weighted by Crippen LogP contribution is -2.38. The molecule has 2 aromatic carbocycles. The van der Waals surface area contributed by atoms with E-state index in [1.807, 2.05) is 67.3 Å².